The van der Waals surface area contributed by atoms with Crippen molar-refractivity contribution in [3.8, 4) is 5.75 Å². The van der Waals surface area contributed by atoms with E-state index in [1.54, 1.807) is 0 Å². The fourth-order valence-electron chi connectivity index (χ4n) is 1.66. The van der Waals surface area contributed by atoms with Crippen LogP contribution in [0.15, 0.2) is 6.07 Å². The summed E-state index contributed by atoms with van der Waals surface area (Å²) in [5.41, 5.74) is 6.40. The molecule has 1 atom stereocenters. The van der Waals surface area contributed by atoms with E-state index < -0.39 is 6.10 Å². The minimum atomic E-state index is -0.585. The summed E-state index contributed by atoms with van der Waals surface area (Å²) >= 11 is 12.0. The highest BCUT2D eigenvalue weighted by Gasteiger charge is 2.33. The lowest BCUT2D eigenvalue weighted by atomic mass is 10.0. The summed E-state index contributed by atoms with van der Waals surface area (Å²) in [5, 5.41) is 3.28. The van der Waals surface area contributed by atoms with E-state index >= 15 is 0 Å². The zero-order valence-corrected chi connectivity index (χ0v) is 10.9. The highest BCUT2D eigenvalue weighted by molar-refractivity contribution is 6.39. The van der Waals surface area contributed by atoms with E-state index in [-0.39, 0.29) is 16.8 Å². The summed E-state index contributed by atoms with van der Waals surface area (Å²) in [4.78, 5) is 11.8. The van der Waals surface area contributed by atoms with Crippen molar-refractivity contribution in [3.05, 3.63) is 16.1 Å². The minimum absolute atomic E-state index is 0.0272. The molecule has 1 aliphatic rings. The quantitative estimate of drug-likeness (QED) is 0.774. The first kappa shape index (κ1) is 12.3. The van der Waals surface area contributed by atoms with Gasteiger partial charge in [-0.2, -0.15) is 0 Å². The molecule has 2 rings (SSSR count). The average Bonchev–Trinajstić information content (AvgIpc) is 2.25. The molecule has 1 amide bonds. The third kappa shape index (κ3) is 2.03. The van der Waals surface area contributed by atoms with Crippen LogP contribution >= 0.6 is 23.2 Å². The van der Waals surface area contributed by atoms with E-state index in [0.717, 1.165) is 0 Å². The first-order chi connectivity index (χ1) is 7.91. The van der Waals surface area contributed by atoms with Crippen LogP contribution in [0.1, 0.15) is 13.8 Å². The molecule has 0 aromatic heterocycles. The number of hydrogen-bond acceptors (Lipinski definition) is 3. The summed E-state index contributed by atoms with van der Waals surface area (Å²) < 4.78 is 5.59. The van der Waals surface area contributed by atoms with Crippen LogP contribution < -0.4 is 15.8 Å². The SMILES string of the molecule is CC(C)C1Oc2c(Cl)c(N)cc(Cl)c2NC1=O. The Labute approximate surface area is 109 Å². The zero-order chi connectivity index (χ0) is 12.7. The molecule has 0 radical (unpaired) electrons. The molecule has 0 saturated carbocycles. The van der Waals surface area contributed by atoms with Crippen LogP contribution in [-0.2, 0) is 4.79 Å². The maximum atomic E-state index is 11.8. The number of fused-ring (bicyclic) bond motifs is 1. The van der Waals surface area contributed by atoms with Crippen molar-refractivity contribution in [3.63, 3.8) is 0 Å². The molecule has 0 spiro atoms. The molecule has 1 aliphatic heterocycles. The van der Waals surface area contributed by atoms with Crippen molar-refractivity contribution in [1.82, 2.24) is 0 Å². The fourth-order valence-corrected chi connectivity index (χ4v) is 2.11. The number of ether oxygens (including phenoxy) is 1. The molecule has 0 saturated heterocycles. The topological polar surface area (TPSA) is 64.3 Å². The molecule has 0 fully saturated rings. The molecule has 1 heterocycles. The number of anilines is 2. The van der Waals surface area contributed by atoms with Gasteiger partial charge in [0.1, 0.15) is 10.7 Å². The van der Waals surface area contributed by atoms with Crippen molar-refractivity contribution < 1.29 is 9.53 Å². The Morgan fingerprint density at radius 1 is 1.47 bits per heavy atom. The van der Waals surface area contributed by atoms with Gasteiger partial charge in [0, 0.05) is 0 Å². The van der Waals surface area contributed by atoms with Crippen molar-refractivity contribution in [2.75, 3.05) is 11.1 Å². The summed E-state index contributed by atoms with van der Waals surface area (Å²) in [7, 11) is 0. The van der Waals surface area contributed by atoms with Crippen LogP contribution in [-0.4, -0.2) is 12.0 Å². The molecule has 92 valence electrons. The summed E-state index contributed by atoms with van der Waals surface area (Å²) in [6, 6.07) is 1.49. The van der Waals surface area contributed by atoms with Crippen molar-refractivity contribution >= 4 is 40.5 Å². The lowest BCUT2D eigenvalue weighted by Crippen LogP contribution is -2.40. The smallest absolute Gasteiger partial charge is 0.265 e. The molecule has 3 N–H and O–H groups in total. The predicted molar refractivity (Wildman–Crippen MR) is 68.8 cm³/mol. The molecule has 4 nitrogen and oxygen atoms in total. The summed E-state index contributed by atoms with van der Waals surface area (Å²) in [6.45, 7) is 3.77. The molecular formula is C11H12Cl2N2O2. The second-order valence-electron chi connectivity index (χ2n) is 4.24. The van der Waals surface area contributed by atoms with Crippen molar-refractivity contribution in [2.45, 2.75) is 20.0 Å². The molecule has 0 aliphatic carbocycles. The van der Waals surface area contributed by atoms with E-state index in [9.17, 15) is 4.79 Å². The van der Waals surface area contributed by atoms with Gasteiger partial charge in [-0.15, -0.1) is 0 Å². The van der Waals surface area contributed by atoms with Gasteiger partial charge < -0.3 is 15.8 Å². The van der Waals surface area contributed by atoms with Crippen LogP contribution in [0.25, 0.3) is 0 Å². The summed E-state index contributed by atoms with van der Waals surface area (Å²) in [6.07, 6.45) is -0.585. The molecular weight excluding hydrogens is 263 g/mol. The van der Waals surface area contributed by atoms with E-state index in [2.05, 4.69) is 5.32 Å². The molecule has 1 aromatic carbocycles. The van der Waals surface area contributed by atoms with E-state index in [4.69, 9.17) is 33.7 Å². The Morgan fingerprint density at radius 2 is 2.12 bits per heavy atom. The number of nitrogens with one attached hydrogen (secondary N) is 1. The van der Waals surface area contributed by atoms with Gasteiger partial charge in [0.2, 0.25) is 0 Å². The molecule has 1 unspecified atom stereocenters. The Hall–Kier alpha value is -1.13. The number of hydrogen-bond donors (Lipinski definition) is 2. The molecule has 1 aromatic rings. The minimum Gasteiger partial charge on any atom is -0.476 e. The van der Waals surface area contributed by atoms with Gasteiger partial charge in [-0.05, 0) is 12.0 Å². The van der Waals surface area contributed by atoms with Crippen LogP contribution in [0, 0.1) is 5.92 Å². The molecule has 17 heavy (non-hydrogen) atoms. The number of carbonyl (C=O) groups excluding carboxylic acids is 1. The number of carbonyl (C=O) groups is 1. The van der Waals surface area contributed by atoms with Crippen LogP contribution in [0.4, 0.5) is 11.4 Å². The third-order valence-electron chi connectivity index (χ3n) is 2.56. The first-order valence-electron chi connectivity index (χ1n) is 5.16. The second-order valence-corrected chi connectivity index (χ2v) is 5.02. The summed E-state index contributed by atoms with van der Waals surface area (Å²) in [5.74, 6) is 0.143. The van der Waals surface area contributed by atoms with Gasteiger partial charge in [-0.25, -0.2) is 0 Å². The largest absolute Gasteiger partial charge is 0.476 e. The highest BCUT2D eigenvalue weighted by atomic mass is 35.5. The van der Waals surface area contributed by atoms with Gasteiger partial charge in [-0.3, -0.25) is 4.79 Å². The Bertz CT molecular complexity index is 489. The zero-order valence-electron chi connectivity index (χ0n) is 9.38. The van der Waals surface area contributed by atoms with Gasteiger partial charge >= 0.3 is 0 Å². The third-order valence-corrected chi connectivity index (χ3v) is 3.25. The number of benzene rings is 1. The Balaban J connectivity index is 2.53. The van der Waals surface area contributed by atoms with Crippen LogP contribution in [0.5, 0.6) is 5.75 Å². The van der Waals surface area contributed by atoms with Crippen LogP contribution in [0.2, 0.25) is 10.0 Å². The van der Waals surface area contributed by atoms with Crippen molar-refractivity contribution in [1.29, 1.82) is 0 Å². The van der Waals surface area contributed by atoms with Crippen molar-refractivity contribution in [2.24, 2.45) is 5.92 Å². The number of amides is 1. The molecule has 0 bridgehead atoms. The van der Waals surface area contributed by atoms with Gasteiger partial charge in [-0.1, -0.05) is 37.0 Å². The lowest BCUT2D eigenvalue weighted by Gasteiger charge is -2.29. The van der Waals surface area contributed by atoms with Gasteiger partial charge in [0.15, 0.2) is 11.9 Å². The Kier molecular flexibility index (Phi) is 3.10. The normalized spacial score (nSPS) is 18.6. The average molecular weight is 275 g/mol. The monoisotopic (exact) mass is 274 g/mol. The van der Waals surface area contributed by atoms with Gasteiger partial charge in [0.25, 0.3) is 5.91 Å². The number of nitrogens with two attached hydrogens (primary N) is 1. The van der Waals surface area contributed by atoms with Gasteiger partial charge in [0.05, 0.1) is 10.7 Å². The maximum absolute atomic E-state index is 11.8. The van der Waals surface area contributed by atoms with E-state index in [0.29, 0.717) is 22.1 Å². The lowest BCUT2D eigenvalue weighted by molar-refractivity contribution is -0.125. The number of rotatable bonds is 1. The van der Waals surface area contributed by atoms with Crippen LogP contribution in [0.3, 0.4) is 0 Å². The standard InChI is InChI=1S/C11H12Cl2N2O2/c1-4(2)9-11(16)15-8-5(12)3-6(14)7(13)10(8)17-9/h3-4,9H,14H2,1-2H3,(H,15,16). The highest BCUT2D eigenvalue weighted by Crippen LogP contribution is 2.45. The maximum Gasteiger partial charge on any atom is 0.265 e. The van der Waals surface area contributed by atoms with E-state index in [1.165, 1.54) is 6.07 Å². The Morgan fingerprint density at radius 3 is 2.71 bits per heavy atom. The predicted octanol–water partition coefficient (Wildman–Crippen LogP) is 2.93. The number of halogens is 2. The number of nitrogen functional groups attached to an aromatic ring is 1. The van der Waals surface area contributed by atoms with E-state index in [1.807, 2.05) is 13.8 Å². The molecule has 6 heteroatoms. The second kappa shape index (κ2) is 4.27. The first-order valence-corrected chi connectivity index (χ1v) is 5.92. The fraction of sp³-hybridized carbons (Fsp3) is 0.364.